The minimum Gasteiger partial charge on any atom is -0.382 e. The Labute approximate surface area is 136 Å². The predicted molar refractivity (Wildman–Crippen MR) is 96.4 cm³/mol. The van der Waals surface area contributed by atoms with Crippen molar-refractivity contribution in [1.29, 1.82) is 0 Å². The summed E-state index contributed by atoms with van der Waals surface area (Å²) in [6.07, 6.45) is 7.44. The van der Waals surface area contributed by atoms with Crippen LogP contribution in [0.15, 0.2) is 58.7 Å². The van der Waals surface area contributed by atoms with Crippen LogP contribution in [0.3, 0.4) is 0 Å². The van der Waals surface area contributed by atoms with Crippen molar-refractivity contribution >= 4 is 22.3 Å². The molecule has 0 amide bonds. The Morgan fingerprint density at radius 3 is 2.74 bits per heavy atom. The Kier molecular flexibility index (Phi) is 7.29. The number of fused-ring (bicyclic) bond motifs is 1. The largest absolute Gasteiger partial charge is 0.382 e. The standard InChI is InChI=1S/C15H17N5O.C2H6/c1-3-5-6-10(4-2)14-12-9-11(15(16)18-20-17)7-8-13(12)19-21-14;1-2/h3-9,20H,2,17H2,1H3,(H2,16,18);1-2H3/b5-3-,10-6+;. The van der Waals surface area contributed by atoms with Gasteiger partial charge in [-0.2, -0.15) is 0 Å². The summed E-state index contributed by atoms with van der Waals surface area (Å²) in [6, 6.07) is 5.46. The van der Waals surface area contributed by atoms with Crippen molar-refractivity contribution in [2.24, 2.45) is 16.7 Å². The van der Waals surface area contributed by atoms with Gasteiger partial charge in [0.2, 0.25) is 0 Å². The fraction of sp³-hybridized carbons (Fsp3) is 0.176. The number of nitrogens with zero attached hydrogens (tertiary/aromatic N) is 2. The molecule has 2 aromatic rings. The first-order chi connectivity index (χ1) is 11.2. The van der Waals surface area contributed by atoms with Crippen molar-refractivity contribution in [3.05, 3.63) is 60.4 Å². The number of hydrogen-bond donors (Lipinski definition) is 3. The fourth-order valence-electron chi connectivity index (χ4n) is 1.88. The number of amidine groups is 1. The van der Waals surface area contributed by atoms with Crippen LogP contribution in [0.2, 0.25) is 0 Å². The lowest BCUT2D eigenvalue weighted by Crippen LogP contribution is -2.22. The summed E-state index contributed by atoms with van der Waals surface area (Å²) in [6.45, 7) is 9.73. The molecule has 122 valence electrons. The van der Waals surface area contributed by atoms with Gasteiger partial charge in [-0.05, 0) is 25.1 Å². The molecule has 6 heteroatoms. The summed E-state index contributed by atoms with van der Waals surface area (Å²) < 4.78 is 5.42. The van der Waals surface area contributed by atoms with Crippen LogP contribution in [0, 0.1) is 0 Å². The van der Waals surface area contributed by atoms with E-state index in [0.717, 1.165) is 22.0 Å². The van der Waals surface area contributed by atoms with Crippen molar-refractivity contribution in [1.82, 2.24) is 10.7 Å². The van der Waals surface area contributed by atoms with Gasteiger partial charge in [-0.3, -0.25) is 0 Å². The highest BCUT2D eigenvalue weighted by atomic mass is 16.5. The van der Waals surface area contributed by atoms with E-state index < -0.39 is 0 Å². The molecule has 23 heavy (non-hydrogen) atoms. The minimum atomic E-state index is 0.282. The normalized spacial score (nSPS) is 12.2. The second-order valence-corrected chi connectivity index (χ2v) is 4.22. The maximum atomic E-state index is 5.81. The average molecular weight is 313 g/mol. The molecule has 0 saturated heterocycles. The third-order valence-corrected chi connectivity index (χ3v) is 2.91. The maximum Gasteiger partial charge on any atom is 0.174 e. The molecule has 0 bridgehead atoms. The van der Waals surface area contributed by atoms with E-state index in [2.05, 4.69) is 22.4 Å². The fourth-order valence-corrected chi connectivity index (χ4v) is 1.88. The topological polar surface area (TPSA) is 102 Å². The second-order valence-electron chi connectivity index (χ2n) is 4.22. The number of hydrogen-bond acceptors (Lipinski definition) is 5. The van der Waals surface area contributed by atoms with Gasteiger partial charge in [-0.15, -0.1) is 5.10 Å². The summed E-state index contributed by atoms with van der Waals surface area (Å²) in [5.74, 6) is 6.05. The van der Waals surface area contributed by atoms with Gasteiger partial charge in [0, 0.05) is 11.1 Å². The minimum absolute atomic E-state index is 0.282. The van der Waals surface area contributed by atoms with E-state index in [9.17, 15) is 0 Å². The molecule has 0 atom stereocenters. The van der Waals surface area contributed by atoms with Crippen molar-refractivity contribution in [3.63, 3.8) is 0 Å². The summed E-state index contributed by atoms with van der Waals surface area (Å²) in [7, 11) is 0. The van der Waals surface area contributed by atoms with Crippen LogP contribution in [-0.2, 0) is 0 Å². The summed E-state index contributed by atoms with van der Waals surface area (Å²) in [5.41, 5.74) is 10.3. The quantitative estimate of drug-likeness (QED) is 0.259. The lowest BCUT2D eigenvalue weighted by Gasteiger charge is -2.01. The van der Waals surface area contributed by atoms with E-state index in [1.54, 1.807) is 12.1 Å². The molecule has 0 spiro atoms. The van der Waals surface area contributed by atoms with Crippen molar-refractivity contribution in [2.45, 2.75) is 20.8 Å². The summed E-state index contributed by atoms with van der Waals surface area (Å²) in [4.78, 5) is 0. The molecule has 1 heterocycles. The van der Waals surface area contributed by atoms with E-state index in [0.29, 0.717) is 5.76 Å². The first-order valence-electron chi connectivity index (χ1n) is 7.35. The number of rotatable bonds is 5. The molecule has 0 saturated carbocycles. The van der Waals surface area contributed by atoms with Gasteiger partial charge in [-0.1, -0.05) is 49.9 Å². The van der Waals surface area contributed by atoms with Crippen LogP contribution < -0.4 is 17.1 Å². The molecule has 0 aliphatic heterocycles. The Bertz CT molecular complexity index is 741. The van der Waals surface area contributed by atoms with Crippen LogP contribution in [0.4, 0.5) is 0 Å². The molecule has 0 fully saturated rings. The van der Waals surface area contributed by atoms with Crippen LogP contribution in [0.5, 0.6) is 0 Å². The highest BCUT2D eigenvalue weighted by Gasteiger charge is 2.12. The molecule has 2 rings (SSSR count). The monoisotopic (exact) mass is 313 g/mol. The summed E-state index contributed by atoms with van der Waals surface area (Å²) in [5, 5.41) is 8.62. The van der Waals surface area contributed by atoms with Crippen LogP contribution >= 0.6 is 0 Å². The van der Waals surface area contributed by atoms with Crippen molar-refractivity contribution in [3.8, 4) is 0 Å². The Hall–Kier alpha value is -2.86. The molecule has 0 aliphatic carbocycles. The number of aromatic nitrogens is 1. The highest BCUT2D eigenvalue weighted by molar-refractivity contribution is 6.02. The maximum absolute atomic E-state index is 5.81. The molecule has 6 nitrogen and oxygen atoms in total. The SMILES string of the molecule is C=C/C(=C\C=C/C)c1onc2ccc(/C(N)=N/NN)cc12.CC. The molecule has 1 aromatic carbocycles. The molecule has 5 N–H and O–H groups in total. The van der Waals surface area contributed by atoms with Gasteiger partial charge in [0.05, 0.1) is 5.39 Å². The van der Waals surface area contributed by atoms with Crippen LogP contribution in [0.1, 0.15) is 32.1 Å². The first kappa shape index (κ1) is 18.2. The zero-order chi connectivity index (χ0) is 17.2. The van der Waals surface area contributed by atoms with Crippen molar-refractivity contribution in [2.75, 3.05) is 0 Å². The van der Waals surface area contributed by atoms with Gasteiger partial charge in [0.25, 0.3) is 0 Å². The molecular formula is C17H23N5O. The zero-order valence-corrected chi connectivity index (χ0v) is 13.7. The predicted octanol–water partition coefficient (Wildman–Crippen LogP) is 3.08. The smallest absolute Gasteiger partial charge is 0.174 e. The lowest BCUT2D eigenvalue weighted by atomic mass is 10.1. The Morgan fingerprint density at radius 1 is 1.39 bits per heavy atom. The third kappa shape index (κ3) is 4.31. The number of allylic oxidation sites excluding steroid dienone is 5. The average Bonchev–Trinajstić information content (AvgIpc) is 3.01. The van der Waals surface area contributed by atoms with Gasteiger partial charge >= 0.3 is 0 Å². The highest BCUT2D eigenvalue weighted by Crippen LogP contribution is 2.26. The van der Waals surface area contributed by atoms with E-state index in [4.69, 9.17) is 16.1 Å². The van der Waals surface area contributed by atoms with Gasteiger partial charge in [0.15, 0.2) is 11.6 Å². The molecule has 1 aromatic heterocycles. The van der Waals surface area contributed by atoms with Gasteiger partial charge in [0.1, 0.15) is 5.52 Å². The Morgan fingerprint density at radius 2 is 2.13 bits per heavy atom. The third-order valence-electron chi connectivity index (χ3n) is 2.91. The van der Waals surface area contributed by atoms with Crippen molar-refractivity contribution < 1.29 is 4.52 Å². The zero-order valence-electron chi connectivity index (χ0n) is 13.7. The van der Waals surface area contributed by atoms with Crippen LogP contribution in [-0.4, -0.2) is 11.0 Å². The van der Waals surface area contributed by atoms with E-state index in [1.807, 2.05) is 51.1 Å². The van der Waals surface area contributed by atoms with E-state index in [-0.39, 0.29) is 5.84 Å². The molecular weight excluding hydrogens is 290 g/mol. The number of hydrazone groups is 1. The van der Waals surface area contributed by atoms with Crippen LogP contribution in [0.25, 0.3) is 16.5 Å². The summed E-state index contributed by atoms with van der Waals surface area (Å²) >= 11 is 0. The number of benzene rings is 1. The molecule has 0 aliphatic rings. The molecule has 0 radical (unpaired) electrons. The second kappa shape index (κ2) is 9.22. The molecule has 0 unspecified atom stereocenters. The van der Waals surface area contributed by atoms with Gasteiger partial charge < -0.3 is 10.3 Å². The van der Waals surface area contributed by atoms with E-state index in [1.165, 1.54) is 0 Å². The van der Waals surface area contributed by atoms with E-state index >= 15 is 0 Å². The number of hydrazine groups is 1. The number of nitrogens with two attached hydrogens (primary N) is 2. The Balaban J connectivity index is 0.00000127. The lowest BCUT2D eigenvalue weighted by molar-refractivity contribution is 0.419. The van der Waals surface area contributed by atoms with Gasteiger partial charge in [-0.25, -0.2) is 11.4 Å². The number of nitrogens with one attached hydrogen (secondary N) is 1. The first-order valence-corrected chi connectivity index (χ1v) is 7.35.